The Morgan fingerprint density at radius 1 is 1.18 bits per heavy atom. The SMILES string of the molecule is Brc1cc(Br)c(-n2c[n+]3c(n2)CCC3)c(Br)c1. The lowest BCUT2D eigenvalue weighted by molar-refractivity contribution is -0.691. The number of aromatic nitrogens is 3. The van der Waals surface area contributed by atoms with Crippen LogP contribution in [0.4, 0.5) is 0 Å². The number of aryl methyl sites for hydroxylation is 2. The van der Waals surface area contributed by atoms with E-state index in [1.165, 1.54) is 6.42 Å². The first-order valence-corrected chi connectivity index (χ1v) is 7.66. The number of rotatable bonds is 1. The fourth-order valence-corrected chi connectivity index (χ4v) is 4.68. The molecule has 88 valence electrons. The molecule has 0 radical (unpaired) electrons. The Kier molecular flexibility index (Phi) is 3.13. The number of nitrogens with zero attached hydrogens (tertiary/aromatic N) is 3. The first-order chi connectivity index (χ1) is 8.15. The molecule has 0 fully saturated rings. The second-order valence-electron chi connectivity index (χ2n) is 3.99. The lowest BCUT2D eigenvalue weighted by Crippen LogP contribution is -2.29. The maximum atomic E-state index is 4.62. The van der Waals surface area contributed by atoms with Crippen LogP contribution in [0.5, 0.6) is 0 Å². The molecule has 3 nitrogen and oxygen atoms in total. The molecule has 1 aliphatic rings. The van der Waals surface area contributed by atoms with Gasteiger partial charge in [0, 0.05) is 16.0 Å². The molecule has 1 aromatic carbocycles. The molecule has 0 unspecified atom stereocenters. The monoisotopic (exact) mass is 420 g/mol. The van der Waals surface area contributed by atoms with Gasteiger partial charge >= 0.3 is 0 Å². The molecule has 0 amide bonds. The van der Waals surface area contributed by atoms with Gasteiger partial charge in [0.05, 0.1) is 15.5 Å². The van der Waals surface area contributed by atoms with Crippen molar-refractivity contribution in [2.75, 3.05) is 0 Å². The fraction of sp³-hybridized carbons (Fsp3) is 0.273. The van der Waals surface area contributed by atoms with Crippen molar-refractivity contribution in [1.29, 1.82) is 0 Å². The standard InChI is InChI=1S/C11H9Br3N3/c12-7-4-8(13)11(9(14)5-7)17-6-16-3-1-2-10(16)15-17/h4-6H,1-3H2/q+1. The molecule has 0 saturated carbocycles. The van der Waals surface area contributed by atoms with Crippen LogP contribution in [0.1, 0.15) is 12.2 Å². The lowest BCUT2D eigenvalue weighted by atomic mass is 10.3. The highest BCUT2D eigenvalue weighted by molar-refractivity contribution is 9.11. The van der Waals surface area contributed by atoms with Gasteiger partial charge in [-0.2, -0.15) is 0 Å². The third-order valence-electron chi connectivity index (χ3n) is 2.81. The van der Waals surface area contributed by atoms with E-state index in [0.717, 1.165) is 37.9 Å². The summed E-state index contributed by atoms with van der Waals surface area (Å²) in [4.78, 5) is 0. The van der Waals surface area contributed by atoms with E-state index in [1.54, 1.807) is 0 Å². The molecule has 0 bridgehead atoms. The maximum Gasteiger partial charge on any atom is 0.278 e. The van der Waals surface area contributed by atoms with Gasteiger partial charge in [0.2, 0.25) is 6.33 Å². The van der Waals surface area contributed by atoms with E-state index in [1.807, 2.05) is 16.8 Å². The number of benzene rings is 1. The van der Waals surface area contributed by atoms with Crippen molar-refractivity contribution in [3.8, 4) is 5.69 Å². The van der Waals surface area contributed by atoms with Crippen LogP contribution in [0.3, 0.4) is 0 Å². The quantitative estimate of drug-likeness (QED) is 0.645. The van der Waals surface area contributed by atoms with Crippen molar-refractivity contribution in [3.05, 3.63) is 37.7 Å². The van der Waals surface area contributed by atoms with Gasteiger partial charge in [-0.3, -0.25) is 0 Å². The smallest absolute Gasteiger partial charge is 0.234 e. The minimum Gasteiger partial charge on any atom is -0.234 e. The second kappa shape index (κ2) is 4.48. The van der Waals surface area contributed by atoms with E-state index in [-0.39, 0.29) is 0 Å². The highest BCUT2D eigenvalue weighted by Crippen LogP contribution is 2.32. The average molecular weight is 423 g/mol. The van der Waals surface area contributed by atoms with Crippen molar-refractivity contribution in [1.82, 2.24) is 9.78 Å². The molecule has 0 aliphatic carbocycles. The third kappa shape index (κ3) is 2.11. The molecule has 1 aromatic heterocycles. The van der Waals surface area contributed by atoms with Gasteiger partial charge in [-0.05, 0) is 50.4 Å². The zero-order valence-corrected chi connectivity index (χ0v) is 13.6. The van der Waals surface area contributed by atoms with Crippen molar-refractivity contribution in [2.24, 2.45) is 0 Å². The molecule has 0 spiro atoms. The largest absolute Gasteiger partial charge is 0.278 e. The average Bonchev–Trinajstić information content (AvgIpc) is 2.75. The van der Waals surface area contributed by atoms with E-state index in [2.05, 4.69) is 63.8 Å². The summed E-state index contributed by atoms with van der Waals surface area (Å²) in [6, 6.07) is 4.05. The summed E-state index contributed by atoms with van der Waals surface area (Å²) in [5.74, 6) is 1.16. The van der Waals surface area contributed by atoms with Crippen LogP contribution in [-0.2, 0) is 13.0 Å². The van der Waals surface area contributed by atoms with E-state index in [9.17, 15) is 0 Å². The predicted molar refractivity (Wildman–Crippen MR) is 75.2 cm³/mol. The van der Waals surface area contributed by atoms with Crippen LogP contribution < -0.4 is 4.57 Å². The summed E-state index contributed by atoms with van der Waals surface area (Å²) in [5, 5.41) is 4.62. The van der Waals surface area contributed by atoms with Gasteiger partial charge in [0.1, 0.15) is 0 Å². The molecule has 2 aromatic rings. The Balaban J connectivity index is 2.15. The summed E-state index contributed by atoms with van der Waals surface area (Å²) in [6.45, 7) is 1.07. The topological polar surface area (TPSA) is 21.7 Å². The van der Waals surface area contributed by atoms with Crippen molar-refractivity contribution >= 4 is 47.8 Å². The Morgan fingerprint density at radius 3 is 2.53 bits per heavy atom. The Hall–Kier alpha value is -0.200. The summed E-state index contributed by atoms with van der Waals surface area (Å²) in [5.41, 5.74) is 1.04. The van der Waals surface area contributed by atoms with E-state index in [4.69, 9.17) is 0 Å². The molecule has 6 heteroatoms. The highest BCUT2D eigenvalue weighted by atomic mass is 79.9. The lowest BCUT2D eigenvalue weighted by Gasteiger charge is -2.02. The van der Waals surface area contributed by atoms with Gasteiger partial charge in [-0.1, -0.05) is 20.6 Å². The second-order valence-corrected chi connectivity index (χ2v) is 6.62. The molecule has 2 heterocycles. The molecule has 0 atom stereocenters. The molecule has 17 heavy (non-hydrogen) atoms. The Morgan fingerprint density at radius 2 is 1.88 bits per heavy atom. The van der Waals surface area contributed by atoms with Gasteiger partial charge in [0.15, 0.2) is 5.69 Å². The fourth-order valence-electron chi connectivity index (χ4n) is 2.06. The minimum atomic E-state index is 1.01. The van der Waals surface area contributed by atoms with E-state index in [0.29, 0.717) is 0 Å². The van der Waals surface area contributed by atoms with Gasteiger partial charge < -0.3 is 0 Å². The number of hydrogen-bond donors (Lipinski definition) is 0. The van der Waals surface area contributed by atoms with Crippen molar-refractivity contribution in [2.45, 2.75) is 19.4 Å². The van der Waals surface area contributed by atoms with Gasteiger partial charge in [-0.25, -0.2) is 4.57 Å². The summed E-state index contributed by atoms with van der Waals surface area (Å²) in [7, 11) is 0. The number of halogens is 3. The molecular weight excluding hydrogens is 414 g/mol. The molecular formula is C11H9Br3N3+. The first kappa shape index (κ1) is 11.9. The van der Waals surface area contributed by atoms with Crippen LogP contribution in [-0.4, -0.2) is 9.78 Å². The minimum absolute atomic E-state index is 1.01. The predicted octanol–water partition coefficient (Wildman–Crippen LogP) is 3.39. The third-order valence-corrected chi connectivity index (χ3v) is 4.48. The number of hydrogen-bond acceptors (Lipinski definition) is 1. The Bertz CT molecular complexity index is 547. The van der Waals surface area contributed by atoms with Crippen molar-refractivity contribution < 1.29 is 4.57 Å². The number of fused-ring (bicyclic) bond motifs is 1. The van der Waals surface area contributed by atoms with E-state index >= 15 is 0 Å². The van der Waals surface area contributed by atoms with Crippen LogP contribution in [0, 0.1) is 0 Å². The zero-order chi connectivity index (χ0) is 12.0. The maximum absolute atomic E-state index is 4.62. The van der Waals surface area contributed by atoms with Gasteiger partial charge in [0.25, 0.3) is 5.82 Å². The normalized spacial score (nSPS) is 14.1. The Labute approximate surface area is 124 Å². The zero-order valence-electron chi connectivity index (χ0n) is 8.83. The summed E-state index contributed by atoms with van der Waals surface area (Å²) >= 11 is 10.6. The van der Waals surface area contributed by atoms with Crippen LogP contribution in [0.15, 0.2) is 31.9 Å². The first-order valence-electron chi connectivity index (χ1n) is 5.28. The van der Waals surface area contributed by atoms with Crippen LogP contribution >= 0.6 is 47.8 Å². The van der Waals surface area contributed by atoms with Crippen LogP contribution in [0.25, 0.3) is 5.69 Å². The summed E-state index contributed by atoms with van der Waals surface area (Å²) in [6.07, 6.45) is 4.33. The van der Waals surface area contributed by atoms with Crippen LogP contribution in [0.2, 0.25) is 0 Å². The molecule has 1 aliphatic heterocycles. The molecule has 0 saturated heterocycles. The van der Waals surface area contributed by atoms with Gasteiger partial charge in [-0.15, -0.1) is 0 Å². The van der Waals surface area contributed by atoms with E-state index < -0.39 is 0 Å². The highest BCUT2D eigenvalue weighted by Gasteiger charge is 2.25. The molecule has 0 N–H and O–H groups in total. The van der Waals surface area contributed by atoms with Crippen molar-refractivity contribution in [3.63, 3.8) is 0 Å². The molecule has 3 rings (SSSR count). The summed E-state index contributed by atoms with van der Waals surface area (Å²) < 4.78 is 7.20.